The van der Waals surface area contributed by atoms with E-state index in [9.17, 15) is 4.79 Å². The topological polar surface area (TPSA) is 102 Å². The fraction of sp³-hybridized carbons (Fsp3) is 0.607. The molecule has 3 N–H and O–H groups in total. The number of anilines is 1. The van der Waals surface area contributed by atoms with Crippen molar-refractivity contribution in [1.82, 2.24) is 9.88 Å². The third-order valence-electron chi connectivity index (χ3n) is 6.87. The van der Waals surface area contributed by atoms with Gasteiger partial charge < -0.3 is 25.4 Å². The summed E-state index contributed by atoms with van der Waals surface area (Å²) >= 11 is 0. The molecule has 8 heteroatoms. The molecule has 2 amide bonds. The van der Waals surface area contributed by atoms with Crippen LogP contribution in [0.2, 0.25) is 0 Å². The molecule has 1 atom stereocenters. The minimum Gasteiger partial charge on any atom is -0.450 e. The zero-order valence-electron chi connectivity index (χ0n) is 22.2. The van der Waals surface area contributed by atoms with E-state index in [0.29, 0.717) is 24.0 Å². The predicted octanol–water partition coefficient (Wildman–Crippen LogP) is 5.82. The van der Waals surface area contributed by atoms with Gasteiger partial charge in [-0.2, -0.15) is 4.99 Å². The molecule has 1 aliphatic heterocycles. The van der Waals surface area contributed by atoms with Crippen LogP contribution < -0.4 is 15.8 Å². The van der Waals surface area contributed by atoms with Gasteiger partial charge in [0.05, 0.1) is 0 Å². The number of likely N-dealkylation sites (tertiary alicyclic amines) is 1. The van der Waals surface area contributed by atoms with Crippen molar-refractivity contribution in [1.29, 1.82) is 0 Å². The number of nitrogens with one attached hydrogen (secondary N) is 1. The largest absolute Gasteiger partial charge is 0.450 e. The first-order valence-electron chi connectivity index (χ1n) is 13.5. The molecule has 0 aliphatic carbocycles. The van der Waals surface area contributed by atoms with Gasteiger partial charge in [-0.3, -0.25) is 0 Å². The molecule has 0 saturated carbocycles. The maximum absolute atomic E-state index is 12.7. The van der Waals surface area contributed by atoms with Crippen LogP contribution in [0.25, 0.3) is 10.8 Å². The number of aromatic nitrogens is 1. The van der Waals surface area contributed by atoms with E-state index in [1.807, 2.05) is 31.2 Å². The van der Waals surface area contributed by atoms with Gasteiger partial charge in [0.25, 0.3) is 0 Å². The second-order valence-electron chi connectivity index (χ2n) is 9.65. The maximum Gasteiger partial charge on any atom is 0.347 e. The van der Waals surface area contributed by atoms with Crippen LogP contribution in [-0.4, -0.2) is 54.8 Å². The normalized spacial score (nSPS) is 17.0. The molecule has 1 saturated heterocycles. The molecule has 1 fully saturated rings. The van der Waals surface area contributed by atoms with Gasteiger partial charge in [-0.25, -0.2) is 9.78 Å². The minimum absolute atomic E-state index is 0.111. The summed E-state index contributed by atoms with van der Waals surface area (Å²) in [7, 11) is 0. The van der Waals surface area contributed by atoms with Crippen molar-refractivity contribution in [3.8, 4) is 5.88 Å². The molecule has 1 aromatic heterocycles. The highest BCUT2D eigenvalue weighted by molar-refractivity contribution is 6.01. The highest BCUT2D eigenvalue weighted by atomic mass is 16.7. The average molecular weight is 498 g/mol. The van der Waals surface area contributed by atoms with Gasteiger partial charge in [0.15, 0.2) is 6.79 Å². The number of pyridine rings is 1. The zero-order valence-corrected chi connectivity index (χ0v) is 22.2. The summed E-state index contributed by atoms with van der Waals surface area (Å²) in [6.45, 7) is 10.2. The number of nitrogens with zero attached hydrogens (tertiary/aromatic N) is 3. The second-order valence-corrected chi connectivity index (χ2v) is 9.65. The molecule has 2 heterocycles. The zero-order chi connectivity index (χ0) is 25.8. The van der Waals surface area contributed by atoms with Crippen molar-refractivity contribution in [2.75, 3.05) is 38.4 Å². The lowest BCUT2D eigenvalue weighted by Gasteiger charge is -2.33. The first-order valence-corrected chi connectivity index (χ1v) is 13.5. The van der Waals surface area contributed by atoms with E-state index >= 15 is 0 Å². The smallest absolute Gasteiger partial charge is 0.347 e. The van der Waals surface area contributed by atoms with Crippen LogP contribution in [0, 0.1) is 11.8 Å². The number of ether oxygens (including phenoxy) is 2. The van der Waals surface area contributed by atoms with Gasteiger partial charge in [-0.05, 0) is 68.8 Å². The lowest BCUT2D eigenvalue weighted by Crippen LogP contribution is -2.42. The summed E-state index contributed by atoms with van der Waals surface area (Å²) in [4.78, 5) is 23.7. The number of aliphatic imine (C=N–C) groups is 1. The Hall–Kier alpha value is -2.71. The van der Waals surface area contributed by atoms with Gasteiger partial charge in [-0.15, -0.1) is 0 Å². The molecule has 36 heavy (non-hydrogen) atoms. The first-order chi connectivity index (χ1) is 17.5. The van der Waals surface area contributed by atoms with Gasteiger partial charge >= 0.3 is 6.03 Å². The highest BCUT2D eigenvalue weighted by Crippen LogP contribution is 2.27. The van der Waals surface area contributed by atoms with Crippen molar-refractivity contribution in [2.45, 2.75) is 65.7 Å². The van der Waals surface area contributed by atoms with Crippen LogP contribution in [0.1, 0.15) is 65.7 Å². The van der Waals surface area contributed by atoms with Crippen LogP contribution in [0.5, 0.6) is 5.88 Å². The number of hydrogen-bond donors (Lipinski definition) is 2. The molecule has 0 radical (unpaired) electrons. The Kier molecular flexibility index (Phi) is 11.4. The van der Waals surface area contributed by atoms with E-state index < -0.39 is 6.03 Å². The Bertz CT molecular complexity index is 990. The van der Waals surface area contributed by atoms with Gasteiger partial charge in [0, 0.05) is 36.3 Å². The van der Waals surface area contributed by atoms with Crippen LogP contribution in [0.4, 0.5) is 10.5 Å². The van der Waals surface area contributed by atoms with E-state index in [-0.39, 0.29) is 12.7 Å². The summed E-state index contributed by atoms with van der Waals surface area (Å²) in [5.41, 5.74) is 6.93. The molecule has 1 unspecified atom stereocenters. The van der Waals surface area contributed by atoms with Crippen molar-refractivity contribution in [2.24, 2.45) is 22.6 Å². The Balaban J connectivity index is 1.58. The second kappa shape index (κ2) is 14.8. The fourth-order valence-corrected chi connectivity index (χ4v) is 4.99. The third-order valence-corrected chi connectivity index (χ3v) is 6.87. The van der Waals surface area contributed by atoms with Gasteiger partial charge in [-0.1, -0.05) is 45.6 Å². The number of amidine groups is 1. The van der Waals surface area contributed by atoms with Gasteiger partial charge in [0.2, 0.25) is 5.88 Å². The Morgan fingerprint density at radius 2 is 2.03 bits per heavy atom. The van der Waals surface area contributed by atoms with Crippen LogP contribution in [0.15, 0.2) is 35.5 Å². The van der Waals surface area contributed by atoms with Crippen LogP contribution >= 0.6 is 0 Å². The minimum atomic E-state index is -0.462. The van der Waals surface area contributed by atoms with Gasteiger partial charge in [0.1, 0.15) is 5.84 Å². The van der Waals surface area contributed by atoms with E-state index in [4.69, 9.17) is 15.2 Å². The summed E-state index contributed by atoms with van der Waals surface area (Å²) in [5.74, 6) is 1.79. The summed E-state index contributed by atoms with van der Waals surface area (Å²) in [6, 6.07) is 7.01. The van der Waals surface area contributed by atoms with Crippen molar-refractivity contribution in [3.05, 3.63) is 30.5 Å². The molecule has 0 spiro atoms. The molecule has 1 aromatic carbocycles. The van der Waals surface area contributed by atoms with Crippen molar-refractivity contribution in [3.63, 3.8) is 0 Å². The highest BCUT2D eigenvalue weighted by Gasteiger charge is 2.24. The first kappa shape index (κ1) is 27.9. The number of benzene rings is 1. The number of carbonyl (C=O) groups excluding carboxylic acids is 1. The quantitative estimate of drug-likeness (QED) is 0.157. The molecule has 198 valence electrons. The number of piperidine rings is 1. The number of hydrogen-bond acceptors (Lipinski definition) is 5. The molecule has 0 bridgehead atoms. The Labute approximate surface area is 215 Å². The lowest BCUT2D eigenvalue weighted by molar-refractivity contribution is 0.0207. The molecular formula is C28H43N5O3. The maximum atomic E-state index is 12.7. The van der Waals surface area contributed by atoms with E-state index in [1.54, 1.807) is 6.20 Å². The Morgan fingerprint density at radius 3 is 2.78 bits per heavy atom. The summed E-state index contributed by atoms with van der Waals surface area (Å²) in [6.07, 6.45) is 10.1. The number of carbonyl (C=O) groups is 1. The SMILES string of the molecule is CCCC(CCC)CCN1CCCC(/C(N)=N/C(=O)Nc2ccc3ccnc(OCOCC)c3c2)C1. The predicted molar refractivity (Wildman–Crippen MR) is 147 cm³/mol. The molecular weight excluding hydrogens is 454 g/mol. The van der Waals surface area contributed by atoms with Crippen molar-refractivity contribution >= 4 is 28.3 Å². The standard InChI is InChI=1S/C28H43N5O3/c1-4-8-21(9-5-2)14-17-33-16-7-10-23(19-33)26(29)32-28(34)31-24-12-11-22-13-15-30-27(25(22)18-24)36-20-35-6-3/h11-13,15,18,21,23H,4-10,14,16-17,19-20H2,1-3H3,(H3,29,31,32,34). The van der Waals surface area contributed by atoms with Crippen LogP contribution in [-0.2, 0) is 4.74 Å². The van der Waals surface area contributed by atoms with Crippen molar-refractivity contribution < 1.29 is 14.3 Å². The third kappa shape index (κ3) is 8.45. The molecule has 8 nitrogen and oxygen atoms in total. The number of amides is 2. The number of nitrogens with two attached hydrogens (primary N) is 1. The summed E-state index contributed by atoms with van der Waals surface area (Å²) < 4.78 is 10.9. The molecule has 1 aliphatic rings. The molecule has 2 aromatic rings. The fourth-order valence-electron chi connectivity index (χ4n) is 4.99. The number of fused-ring (bicyclic) bond motifs is 1. The average Bonchev–Trinajstić information content (AvgIpc) is 2.88. The number of rotatable bonds is 13. The molecule has 3 rings (SSSR count). The Morgan fingerprint density at radius 1 is 1.22 bits per heavy atom. The van der Waals surface area contributed by atoms with E-state index in [2.05, 4.69) is 34.0 Å². The van der Waals surface area contributed by atoms with E-state index in [1.165, 1.54) is 32.1 Å². The lowest BCUT2D eigenvalue weighted by atomic mass is 9.93. The summed E-state index contributed by atoms with van der Waals surface area (Å²) in [5, 5.41) is 4.59. The van der Waals surface area contributed by atoms with E-state index in [0.717, 1.165) is 49.2 Å². The monoisotopic (exact) mass is 497 g/mol. The van der Waals surface area contributed by atoms with Crippen LogP contribution in [0.3, 0.4) is 0 Å². The number of urea groups is 1.